The number of sulfonamides is 1. The van der Waals surface area contributed by atoms with E-state index in [2.05, 4.69) is 15.1 Å². The van der Waals surface area contributed by atoms with Crippen LogP contribution < -0.4 is 14.8 Å². The summed E-state index contributed by atoms with van der Waals surface area (Å²) in [6, 6.07) is 18.0. The molecule has 0 aliphatic rings. The van der Waals surface area contributed by atoms with Crippen LogP contribution in [0.4, 0.5) is 11.4 Å². The van der Waals surface area contributed by atoms with Crippen molar-refractivity contribution >= 4 is 49.8 Å². The minimum absolute atomic E-state index is 0.0818. The van der Waals surface area contributed by atoms with Crippen molar-refractivity contribution in [2.45, 2.75) is 13.0 Å². The lowest BCUT2D eigenvalue weighted by atomic mass is 10.1. The van der Waals surface area contributed by atoms with Gasteiger partial charge in [-0.25, -0.2) is 8.42 Å². The minimum atomic E-state index is -3.56. The van der Waals surface area contributed by atoms with Crippen LogP contribution in [0.25, 0.3) is 10.9 Å². The number of carbonyl (C=O) groups excluding carboxylic acids is 1. The molecule has 0 radical (unpaired) electrons. The predicted molar refractivity (Wildman–Crippen MR) is 134 cm³/mol. The van der Waals surface area contributed by atoms with Gasteiger partial charge in [0.1, 0.15) is 5.75 Å². The van der Waals surface area contributed by atoms with Gasteiger partial charge in [-0.05, 0) is 41.5 Å². The standard InChI is InChI=1S/C24H23ClN4O4S/c1-33-19-9-7-16(8-10-19)14-29-15-20-22(27-29)12-18(13-23(20)28-34(2,31)32)26-24(30)11-17-5-3-4-6-21(17)25/h3-10,12-13,15,28H,11,14H2,1-2H3,(H,26,30). The van der Waals surface area contributed by atoms with Gasteiger partial charge in [0.05, 0.1) is 37.5 Å². The lowest BCUT2D eigenvalue weighted by Gasteiger charge is -2.10. The van der Waals surface area contributed by atoms with Crippen LogP contribution in [0.15, 0.2) is 66.9 Å². The Labute approximate surface area is 202 Å². The number of methoxy groups -OCH3 is 1. The van der Waals surface area contributed by atoms with Crippen LogP contribution in [-0.2, 0) is 27.8 Å². The van der Waals surface area contributed by atoms with Crippen LogP contribution in [0.2, 0.25) is 5.02 Å². The Balaban J connectivity index is 1.63. The first-order chi connectivity index (χ1) is 16.2. The molecule has 10 heteroatoms. The van der Waals surface area contributed by atoms with E-state index in [1.54, 1.807) is 48.3 Å². The maximum absolute atomic E-state index is 12.6. The average molecular weight is 499 g/mol. The number of carbonyl (C=O) groups is 1. The summed E-state index contributed by atoms with van der Waals surface area (Å²) in [6.07, 6.45) is 2.92. The average Bonchev–Trinajstić information content (AvgIpc) is 3.17. The number of anilines is 2. The Morgan fingerprint density at radius 1 is 1.12 bits per heavy atom. The quantitative estimate of drug-likeness (QED) is 0.377. The molecule has 1 aromatic heterocycles. The summed E-state index contributed by atoms with van der Waals surface area (Å²) in [5.41, 5.74) is 2.98. The Morgan fingerprint density at radius 2 is 1.85 bits per heavy atom. The molecule has 1 heterocycles. The summed E-state index contributed by atoms with van der Waals surface area (Å²) >= 11 is 6.16. The molecule has 0 unspecified atom stereocenters. The van der Waals surface area contributed by atoms with Crippen molar-refractivity contribution in [1.29, 1.82) is 0 Å². The van der Waals surface area contributed by atoms with Crippen LogP contribution in [0.3, 0.4) is 0 Å². The van der Waals surface area contributed by atoms with Crippen LogP contribution >= 0.6 is 11.6 Å². The zero-order valence-corrected chi connectivity index (χ0v) is 20.2. The van der Waals surface area contributed by atoms with E-state index in [1.807, 2.05) is 30.3 Å². The summed E-state index contributed by atoms with van der Waals surface area (Å²) in [6.45, 7) is 0.477. The highest BCUT2D eigenvalue weighted by molar-refractivity contribution is 7.92. The molecule has 8 nitrogen and oxygen atoms in total. The molecule has 176 valence electrons. The first-order valence-corrected chi connectivity index (χ1v) is 12.6. The fourth-order valence-corrected chi connectivity index (χ4v) is 4.32. The molecule has 4 aromatic rings. The topological polar surface area (TPSA) is 102 Å². The molecule has 34 heavy (non-hydrogen) atoms. The first-order valence-electron chi connectivity index (χ1n) is 10.4. The molecule has 0 atom stereocenters. The van der Waals surface area contributed by atoms with Crippen molar-refractivity contribution in [3.8, 4) is 5.75 Å². The normalized spacial score (nSPS) is 11.4. The summed E-state index contributed by atoms with van der Waals surface area (Å²) < 4.78 is 33.4. The second-order valence-electron chi connectivity index (χ2n) is 7.82. The van der Waals surface area contributed by atoms with E-state index < -0.39 is 10.0 Å². The third-order valence-corrected chi connectivity index (χ3v) is 6.02. The smallest absolute Gasteiger partial charge is 0.229 e. The molecule has 2 N–H and O–H groups in total. The third-order valence-electron chi connectivity index (χ3n) is 5.06. The maximum Gasteiger partial charge on any atom is 0.229 e. The van der Waals surface area contributed by atoms with Gasteiger partial charge in [-0.15, -0.1) is 0 Å². The molecule has 0 saturated heterocycles. The molecule has 0 saturated carbocycles. The molecule has 0 aliphatic heterocycles. The highest BCUT2D eigenvalue weighted by Gasteiger charge is 2.14. The van der Waals surface area contributed by atoms with Gasteiger partial charge in [-0.1, -0.05) is 41.9 Å². The fourth-order valence-electron chi connectivity index (χ4n) is 3.55. The highest BCUT2D eigenvalue weighted by Crippen LogP contribution is 2.29. The minimum Gasteiger partial charge on any atom is -0.497 e. The van der Waals surface area contributed by atoms with Crippen LogP contribution in [-0.4, -0.2) is 37.5 Å². The second-order valence-corrected chi connectivity index (χ2v) is 9.98. The zero-order valence-electron chi connectivity index (χ0n) is 18.6. The number of aromatic nitrogens is 2. The molecule has 4 rings (SSSR count). The number of hydrogen-bond donors (Lipinski definition) is 2. The van der Waals surface area contributed by atoms with Gasteiger partial charge in [0.2, 0.25) is 15.9 Å². The van der Waals surface area contributed by atoms with E-state index in [-0.39, 0.29) is 12.3 Å². The van der Waals surface area contributed by atoms with Crippen molar-refractivity contribution in [2.24, 2.45) is 0 Å². The molecular weight excluding hydrogens is 476 g/mol. The number of fused-ring (bicyclic) bond motifs is 1. The van der Waals surface area contributed by atoms with E-state index in [9.17, 15) is 13.2 Å². The number of rotatable bonds is 8. The second kappa shape index (κ2) is 9.74. The number of benzene rings is 3. The maximum atomic E-state index is 12.6. The number of halogens is 1. The van der Waals surface area contributed by atoms with Gasteiger partial charge < -0.3 is 10.1 Å². The lowest BCUT2D eigenvalue weighted by molar-refractivity contribution is -0.115. The molecule has 0 aliphatic carbocycles. The monoisotopic (exact) mass is 498 g/mol. The Hall–Kier alpha value is -3.56. The van der Waals surface area contributed by atoms with Gasteiger partial charge in [-0.2, -0.15) is 5.10 Å². The van der Waals surface area contributed by atoms with Gasteiger partial charge in [0.25, 0.3) is 0 Å². The molecule has 3 aromatic carbocycles. The van der Waals surface area contributed by atoms with Crippen molar-refractivity contribution in [1.82, 2.24) is 9.78 Å². The third kappa shape index (κ3) is 5.86. The zero-order chi connectivity index (χ0) is 24.3. The van der Waals surface area contributed by atoms with E-state index in [4.69, 9.17) is 16.3 Å². The van der Waals surface area contributed by atoms with Crippen LogP contribution in [0, 0.1) is 0 Å². The van der Waals surface area contributed by atoms with E-state index >= 15 is 0 Å². The molecule has 0 bridgehead atoms. The lowest BCUT2D eigenvalue weighted by Crippen LogP contribution is -2.15. The van der Waals surface area contributed by atoms with Crippen LogP contribution in [0.5, 0.6) is 5.75 Å². The number of ether oxygens (including phenoxy) is 1. The van der Waals surface area contributed by atoms with Crippen molar-refractivity contribution in [3.63, 3.8) is 0 Å². The van der Waals surface area contributed by atoms with Gasteiger partial charge in [0, 0.05) is 22.3 Å². The Bertz CT molecular complexity index is 1450. The number of hydrogen-bond acceptors (Lipinski definition) is 5. The summed E-state index contributed by atoms with van der Waals surface area (Å²) in [7, 11) is -1.95. The van der Waals surface area contributed by atoms with Gasteiger partial charge in [-0.3, -0.25) is 14.2 Å². The molecule has 1 amide bonds. The number of nitrogens with zero attached hydrogens (tertiary/aromatic N) is 2. The van der Waals surface area contributed by atoms with Gasteiger partial charge in [0.15, 0.2) is 0 Å². The van der Waals surface area contributed by atoms with Gasteiger partial charge >= 0.3 is 0 Å². The van der Waals surface area contributed by atoms with Crippen molar-refractivity contribution in [2.75, 3.05) is 23.4 Å². The predicted octanol–water partition coefficient (Wildman–Crippen LogP) is 4.30. The summed E-state index contributed by atoms with van der Waals surface area (Å²) in [5.74, 6) is 0.474. The van der Waals surface area contributed by atoms with Crippen molar-refractivity contribution < 1.29 is 17.9 Å². The molecular formula is C24H23ClN4O4S. The summed E-state index contributed by atoms with van der Waals surface area (Å²) in [4.78, 5) is 12.6. The number of nitrogens with one attached hydrogen (secondary N) is 2. The first kappa shape index (κ1) is 23.6. The SMILES string of the molecule is COc1ccc(Cn2cc3c(NS(C)(=O)=O)cc(NC(=O)Cc4ccccc4Cl)cc3n2)cc1. The Kier molecular flexibility index (Phi) is 6.76. The van der Waals surface area contributed by atoms with Crippen molar-refractivity contribution in [3.05, 3.63) is 83.0 Å². The van der Waals surface area contributed by atoms with E-state index in [1.165, 1.54) is 0 Å². The highest BCUT2D eigenvalue weighted by atomic mass is 35.5. The van der Waals surface area contributed by atoms with E-state index in [0.717, 1.165) is 17.6 Å². The number of amides is 1. The summed E-state index contributed by atoms with van der Waals surface area (Å²) in [5, 5.41) is 8.52. The fraction of sp³-hybridized carbons (Fsp3) is 0.167. The van der Waals surface area contributed by atoms with E-state index in [0.29, 0.717) is 39.4 Å². The largest absolute Gasteiger partial charge is 0.497 e. The van der Waals surface area contributed by atoms with Crippen LogP contribution in [0.1, 0.15) is 11.1 Å². The molecule has 0 spiro atoms. The Morgan fingerprint density at radius 3 is 2.53 bits per heavy atom. The molecule has 0 fully saturated rings.